The van der Waals surface area contributed by atoms with Gasteiger partial charge >= 0.3 is 0 Å². The van der Waals surface area contributed by atoms with Crippen LogP contribution in [0.5, 0.6) is 0 Å². The number of hydrogen-bond acceptors (Lipinski definition) is 6. The lowest BCUT2D eigenvalue weighted by Gasteiger charge is -2.08. The second-order valence-corrected chi connectivity index (χ2v) is 6.71. The zero-order valence-electron chi connectivity index (χ0n) is 12.3. The third-order valence-electron chi connectivity index (χ3n) is 3.04. The first kappa shape index (κ1) is 15.2. The molecule has 1 aromatic carbocycles. The molecule has 0 aliphatic heterocycles. The van der Waals surface area contributed by atoms with E-state index in [1.165, 1.54) is 0 Å². The van der Waals surface area contributed by atoms with Gasteiger partial charge in [-0.2, -0.15) is 4.98 Å². The minimum Gasteiger partial charge on any atom is -0.339 e. The Labute approximate surface area is 133 Å². The maximum Gasteiger partial charge on any atom is 0.231 e. The summed E-state index contributed by atoms with van der Waals surface area (Å²) >= 11 is 0. The smallest absolute Gasteiger partial charge is 0.231 e. The average Bonchev–Trinajstić information content (AvgIpc) is 2.97. The van der Waals surface area contributed by atoms with E-state index in [0.717, 1.165) is 17.4 Å². The van der Waals surface area contributed by atoms with Crippen molar-refractivity contribution in [2.45, 2.75) is 6.42 Å². The third kappa shape index (κ3) is 3.92. The van der Waals surface area contributed by atoms with Gasteiger partial charge in [-0.15, -0.1) is 0 Å². The van der Waals surface area contributed by atoms with Crippen LogP contribution in [0.15, 0.2) is 53.3 Å². The summed E-state index contributed by atoms with van der Waals surface area (Å²) in [6, 6.07) is 10.7. The van der Waals surface area contributed by atoms with Crippen LogP contribution in [0.4, 0.5) is 5.69 Å². The molecule has 0 bridgehead atoms. The Morgan fingerprint density at radius 2 is 2.00 bits per heavy atom. The van der Waals surface area contributed by atoms with Crippen molar-refractivity contribution in [1.29, 1.82) is 0 Å². The fourth-order valence-electron chi connectivity index (χ4n) is 2.08. The molecule has 2 aromatic heterocycles. The van der Waals surface area contributed by atoms with Crippen molar-refractivity contribution in [2.75, 3.05) is 11.0 Å². The van der Waals surface area contributed by atoms with Gasteiger partial charge < -0.3 is 4.52 Å². The molecule has 0 unspecified atom stereocenters. The monoisotopic (exact) mass is 330 g/mol. The molecule has 3 aromatic rings. The van der Waals surface area contributed by atoms with Gasteiger partial charge in [0.15, 0.2) is 0 Å². The first-order valence-electron chi connectivity index (χ1n) is 6.80. The zero-order chi connectivity index (χ0) is 16.3. The molecule has 0 fully saturated rings. The number of nitrogens with one attached hydrogen (secondary N) is 1. The molecule has 0 atom stereocenters. The van der Waals surface area contributed by atoms with Gasteiger partial charge in [-0.05, 0) is 23.8 Å². The average molecular weight is 330 g/mol. The van der Waals surface area contributed by atoms with Gasteiger partial charge in [-0.3, -0.25) is 9.71 Å². The standard InChI is InChI=1S/C15H14N4O3S/c1-23(20,21)19-13-7-3-2-5-11(13)9-14-17-15(18-22-14)12-6-4-8-16-10-12/h2-8,10,19H,9H2,1H3. The Morgan fingerprint density at radius 3 is 2.74 bits per heavy atom. The quantitative estimate of drug-likeness (QED) is 0.769. The van der Waals surface area contributed by atoms with Crippen molar-refractivity contribution in [1.82, 2.24) is 15.1 Å². The van der Waals surface area contributed by atoms with Crippen LogP contribution in [0.25, 0.3) is 11.4 Å². The normalized spacial score (nSPS) is 11.3. The number of rotatable bonds is 5. The van der Waals surface area contributed by atoms with E-state index in [1.54, 1.807) is 30.6 Å². The second kappa shape index (κ2) is 6.17. The molecule has 0 aliphatic rings. The number of hydrogen-bond donors (Lipinski definition) is 1. The summed E-state index contributed by atoms with van der Waals surface area (Å²) < 4.78 is 30.6. The van der Waals surface area contributed by atoms with Gasteiger partial charge in [0.05, 0.1) is 18.4 Å². The highest BCUT2D eigenvalue weighted by Crippen LogP contribution is 2.21. The van der Waals surface area contributed by atoms with Crippen molar-refractivity contribution in [3.05, 3.63) is 60.2 Å². The van der Waals surface area contributed by atoms with E-state index in [9.17, 15) is 8.42 Å². The number of para-hydroxylation sites is 1. The Kier molecular flexibility index (Phi) is 4.07. The summed E-state index contributed by atoms with van der Waals surface area (Å²) in [4.78, 5) is 8.33. The molecule has 1 N–H and O–H groups in total. The fraction of sp³-hybridized carbons (Fsp3) is 0.133. The predicted octanol–water partition coefficient (Wildman–Crippen LogP) is 2.09. The Bertz CT molecular complexity index is 907. The van der Waals surface area contributed by atoms with Crippen molar-refractivity contribution in [3.8, 4) is 11.4 Å². The Balaban J connectivity index is 1.85. The number of sulfonamides is 1. The van der Waals surface area contributed by atoms with E-state index in [2.05, 4.69) is 19.8 Å². The van der Waals surface area contributed by atoms with Crippen LogP contribution in [-0.2, 0) is 16.4 Å². The van der Waals surface area contributed by atoms with Gasteiger partial charge in [0.25, 0.3) is 0 Å². The Hall–Kier alpha value is -2.74. The molecular formula is C15H14N4O3S. The molecule has 118 valence electrons. The molecule has 0 amide bonds. The fourth-order valence-corrected chi connectivity index (χ4v) is 2.67. The molecule has 0 saturated heterocycles. The van der Waals surface area contributed by atoms with E-state index >= 15 is 0 Å². The number of anilines is 1. The van der Waals surface area contributed by atoms with Crippen LogP contribution in [0.2, 0.25) is 0 Å². The molecule has 0 saturated carbocycles. The van der Waals surface area contributed by atoms with Crippen LogP contribution < -0.4 is 4.72 Å². The number of pyridine rings is 1. The van der Waals surface area contributed by atoms with Gasteiger partial charge in [0, 0.05) is 18.0 Å². The minimum atomic E-state index is -3.35. The van der Waals surface area contributed by atoms with Gasteiger partial charge in [-0.1, -0.05) is 23.4 Å². The predicted molar refractivity (Wildman–Crippen MR) is 85.2 cm³/mol. The first-order chi connectivity index (χ1) is 11.0. The van der Waals surface area contributed by atoms with E-state index in [0.29, 0.717) is 23.8 Å². The van der Waals surface area contributed by atoms with E-state index in [1.807, 2.05) is 18.2 Å². The summed E-state index contributed by atoms with van der Waals surface area (Å²) in [5, 5.41) is 3.92. The maximum atomic E-state index is 11.4. The number of nitrogens with zero attached hydrogens (tertiary/aromatic N) is 3. The van der Waals surface area contributed by atoms with Crippen LogP contribution in [0.1, 0.15) is 11.5 Å². The highest BCUT2D eigenvalue weighted by molar-refractivity contribution is 7.92. The Morgan fingerprint density at radius 1 is 1.17 bits per heavy atom. The largest absolute Gasteiger partial charge is 0.339 e. The summed E-state index contributed by atoms with van der Waals surface area (Å²) in [6.07, 6.45) is 4.74. The minimum absolute atomic E-state index is 0.325. The summed E-state index contributed by atoms with van der Waals surface area (Å²) in [6.45, 7) is 0. The van der Waals surface area contributed by atoms with Crippen LogP contribution in [0, 0.1) is 0 Å². The molecule has 23 heavy (non-hydrogen) atoms. The molecule has 0 radical (unpaired) electrons. The summed E-state index contributed by atoms with van der Waals surface area (Å²) in [5.41, 5.74) is 2.00. The van der Waals surface area contributed by atoms with Gasteiger partial charge in [0.2, 0.25) is 21.7 Å². The first-order valence-corrected chi connectivity index (χ1v) is 8.69. The lowest BCUT2D eigenvalue weighted by molar-refractivity contribution is 0.386. The van der Waals surface area contributed by atoms with Crippen molar-refractivity contribution in [2.24, 2.45) is 0 Å². The number of benzene rings is 1. The zero-order valence-corrected chi connectivity index (χ0v) is 13.1. The molecule has 2 heterocycles. The topological polar surface area (TPSA) is 98.0 Å². The van der Waals surface area contributed by atoms with Crippen LogP contribution >= 0.6 is 0 Å². The van der Waals surface area contributed by atoms with Crippen molar-refractivity contribution in [3.63, 3.8) is 0 Å². The van der Waals surface area contributed by atoms with E-state index in [-0.39, 0.29) is 0 Å². The summed E-state index contributed by atoms with van der Waals surface area (Å²) in [5.74, 6) is 0.841. The van der Waals surface area contributed by atoms with Crippen molar-refractivity contribution >= 4 is 15.7 Å². The van der Waals surface area contributed by atoms with E-state index in [4.69, 9.17) is 4.52 Å². The highest BCUT2D eigenvalue weighted by Gasteiger charge is 2.13. The molecule has 3 rings (SSSR count). The third-order valence-corrected chi connectivity index (χ3v) is 3.63. The number of aromatic nitrogens is 3. The maximum absolute atomic E-state index is 11.4. The molecule has 0 aliphatic carbocycles. The molecule has 7 nitrogen and oxygen atoms in total. The van der Waals surface area contributed by atoms with Crippen LogP contribution in [0.3, 0.4) is 0 Å². The molecule has 0 spiro atoms. The van der Waals surface area contributed by atoms with E-state index < -0.39 is 10.0 Å². The SMILES string of the molecule is CS(=O)(=O)Nc1ccccc1Cc1nc(-c2cccnc2)no1. The van der Waals surface area contributed by atoms with Gasteiger partial charge in [-0.25, -0.2) is 8.42 Å². The molecular weight excluding hydrogens is 316 g/mol. The van der Waals surface area contributed by atoms with Gasteiger partial charge in [0.1, 0.15) is 0 Å². The molecule has 8 heteroatoms. The van der Waals surface area contributed by atoms with Crippen molar-refractivity contribution < 1.29 is 12.9 Å². The highest BCUT2D eigenvalue weighted by atomic mass is 32.2. The lowest BCUT2D eigenvalue weighted by Crippen LogP contribution is -2.11. The van der Waals surface area contributed by atoms with Crippen LogP contribution in [-0.4, -0.2) is 29.8 Å². The lowest BCUT2D eigenvalue weighted by atomic mass is 10.1. The second-order valence-electron chi connectivity index (χ2n) is 4.96. The summed E-state index contributed by atoms with van der Waals surface area (Å²) in [7, 11) is -3.35.